The van der Waals surface area contributed by atoms with Crippen molar-refractivity contribution in [3.8, 4) is 0 Å². The molecule has 3 amide bonds. The summed E-state index contributed by atoms with van der Waals surface area (Å²) in [4.78, 5) is 52.9. The van der Waals surface area contributed by atoms with E-state index < -0.39 is 41.9 Å². The zero-order chi connectivity index (χ0) is 23.0. The number of halogens is 2. The molecule has 1 saturated heterocycles. The highest BCUT2D eigenvalue weighted by molar-refractivity contribution is 6.42. The molecule has 1 aliphatic heterocycles. The van der Waals surface area contributed by atoms with Gasteiger partial charge in [-0.3, -0.25) is 19.2 Å². The minimum Gasteiger partial charge on any atom is -0.292 e. The predicted octanol–water partition coefficient (Wildman–Crippen LogP) is 4.43. The van der Waals surface area contributed by atoms with E-state index in [1.54, 1.807) is 30.3 Å². The van der Waals surface area contributed by atoms with Crippen LogP contribution in [0.1, 0.15) is 34.1 Å². The van der Waals surface area contributed by atoms with Gasteiger partial charge in [0.1, 0.15) is 6.54 Å². The Balaban J connectivity index is 1.72. The molecule has 0 bridgehead atoms. The van der Waals surface area contributed by atoms with Crippen molar-refractivity contribution in [1.29, 1.82) is 0 Å². The van der Waals surface area contributed by atoms with Gasteiger partial charge in [-0.25, -0.2) is 5.01 Å². The van der Waals surface area contributed by atoms with Gasteiger partial charge in [-0.1, -0.05) is 72.6 Å². The van der Waals surface area contributed by atoms with E-state index >= 15 is 0 Å². The Kier molecular flexibility index (Phi) is 6.17. The molecular formula is C24H20Cl2N2O4. The van der Waals surface area contributed by atoms with Crippen LogP contribution >= 0.6 is 23.2 Å². The average Bonchev–Trinajstić information content (AvgIpc) is 3.05. The number of ketones is 1. The number of benzene rings is 2. The number of hydrazine groups is 1. The molecule has 0 radical (unpaired) electrons. The molecule has 6 nitrogen and oxygen atoms in total. The molecule has 0 saturated carbocycles. The molecule has 0 spiro atoms. The van der Waals surface area contributed by atoms with E-state index in [-0.39, 0.29) is 21.5 Å². The molecule has 1 heterocycles. The number of imide groups is 1. The van der Waals surface area contributed by atoms with Crippen molar-refractivity contribution < 1.29 is 19.2 Å². The molecule has 8 heteroatoms. The first-order valence-corrected chi connectivity index (χ1v) is 10.9. The van der Waals surface area contributed by atoms with E-state index in [0.717, 1.165) is 10.0 Å². The molecule has 4 rings (SSSR count). The van der Waals surface area contributed by atoms with Gasteiger partial charge in [0.2, 0.25) is 0 Å². The summed E-state index contributed by atoms with van der Waals surface area (Å²) in [6, 6.07) is 12.6. The van der Waals surface area contributed by atoms with Gasteiger partial charge >= 0.3 is 0 Å². The number of nitrogens with zero attached hydrogens (tertiary/aromatic N) is 2. The molecule has 2 aromatic carbocycles. The Morgan fingerprint density at radius 3 is 2.38 bits per heavy atom. The molecule has 2 aliphatic rings. The Labute approximate surface area is 195 Å². The maximum atomic E-state index is 13.5. The van der Waals surface area contributed by atoms with Crippen LogP contribution in [0.5, 0.6) is 0 Å². The van der Waals surface area contributed by atoms with E-state index in [1.165, 1.54) is 18.2 Å². The van der Waals surface area contributed by atoms with Gasteiger partial charge in [0.15, 0.2) is 5.78 Å². The number of Topliss-reactive ketones (excluding diaryl/α,β-unsaturated/α-hetero) is 1. The molecule has 3 atom stereocenters. The van der Waals surface area contributed by atoms with Crippen LogP contribution in [-0.2, 0) is 9.59 Å². The van der Waals surface area contributed by atoms with Crippen LogP contribution in [0.15, 0.2) is 60.7 Å². The lowest BCUT2D eigenvalue weighted by Crippen LogP contribution is -2.52. The summed E-state index contributed by atoms with van der Waals surface area (Å²) in [5, 5.41) is 2.20. The maximum Gasteiger partial charge on any atom is 0.273 e. The minimum absolute atomic E-state index is 0.113. The summed E-state index contributed by atoms with van der Waals surface area (Å²) >= 11 is 12.0. The maximum absolute atomic E-state index is 13.5. The lowest BCUT2D eigenvalue weighted by molar-refractivity contribution is -0.154. The second kappa shape index (κ2) is 8.88. The average molecular weight is 471 g/mol. The second-order valence-electron chi connectivity index (χ2n) is 7.92. The minimum atomic E-state index is -0.686. The number of carbonyl (C=O) groups excluding carboxylic acids is 4. The van der Waals surface area contributed by atoms with Crippen molar-refractivity contribution in [3.05, 3.63) is 81.9 Å². The fraction of sp³-hybridized carbons (Fsp3) is 0.250. The summed E-state index contributed by atoms with van der Waals surface area (Å²) < 4.78 is 0. The van der Waals surface area contributed by atoms with Crippen LogP contribution in [0.4, 0.5) is 0 Å². The van der Waals surface area contributed by atoms with Crippen molar-refractivity contribution in [1.82, 2.24) is 10.0 Å². The van der Waals surface area contributed by atoms with Crippen molar-refractivity contribution >= 4 is 46.7 Å². The SMILES string of the molecule is C[C@@H]1C=CC[C@H]2C(=O)N(N(CC(=O)c3ccccc3)C(=O)c3ccc(Cl)c(Cl)c3)C(=O)[C@@H]12. The van der Waals surface area contributed by atoms with Crippen LogP contribution in [0.3, 0.4) is 0 Å². The van der Waals surface area contributed by atoms with E-state index in [2.05, 4.69) is 0 Å². The van der Waals surface area contributed by atoms with Crippen molar-refractivity contribution in [2.45, 2.75) is 13.3 Å². The van der Waals surface area contributed by atoms with E-state index in [1.807, 2.05) is 19.1 Å². The zero-order valence-corrected chi connectivity index (χ0v) is 18.7. The fourth-order valence-electron chi connectivity index (χ4n) is 4.23. The van der Waals surface area contributed by atoms with Gasteiger partial charge in [0.25, 0.3) is 17.7 Å². The highest BCUT2D eigenvalue weighted by Gasteiger charge is 2.53. The zero-order valence-electron chi connectivity index (χ0n) is 17.2. The van der Waals surface area contributed by atoms with Gasteiger partial charge < -0.3 is 0 Å². The first kappa shape index (κ1) is 22.2. The smallest absolute Gasteiger partial charge is 0.273 e. The highest BCUT2D eigenvalue weighted by Crippen LogP contribution is 2.39. The van der Waals surface area contributed by atoms with E-state index in [4.69, 9.17) is 23.2 Å². The largest absolute Gasteiger partial charge is 0.292 e. The molecule has 0 N–H and O–H groups in total. The molecule has 0 unspecified atom stereocenters. The van der Waals surface area contributed by atoms with Crippen LogP contribution < -0.4 is 0 Å². The first-order chi connectivity index (χ1) is 15.3. The molecule has 2 aromatic rings. The molecule has 0 aromatic heterocycles. The summed E-state index contributed by atoms with van der Waals surface area (Å²) in [5.74, 6) is -3.32. The number of rotatable bonds is 5. The Hall–Kier alpha value is -2.96. The Bertz CT molecular complexity index is 1130. The van der Waals surface area contributed by atoms with E-state index in [0.29, 0.717) is 12.0 Å². The number of fused-ring (bicyclic) bond motifs is 1. The lowest BCUT2D eigenvalue weighted by atomic mass is 9.78. The monoisotopic (exact) mass is 470 g/mol. The van der Waals surface area contributed by atoms with Crippen LogP contribution in [0.25, 0.3) is 0 Å². The second-order valence-corrected chi connectivity index (χ2v) is 8.74. The summed E-state index contributed by atoms with van der Waals surface area (Å²) in [6.07, 6.45) is 4.19. The van der Waals surface area contributed by atoms with Gasteiger partial charge in [-0.15, -0.1) is 0 Å². The Morgan fingerprint density at radius 1 is 1.00 bits per heavy atom. The van der Waals surface area contributed by atoms with Gasteiger partial charge in [-0.2, -0.15) is 5.01 Å². The van der Waals surface area contributed by atoms with Crippen molar-refractivity contribution in [3.63, 3.8) is 0 Å². The Morgan fingerprint density at radius 2 is 1.72 bits per heavy atom. The molecule has 32 heavy (non-hydrogen) atoms. The first-order valence-electron chi connectivity index (χ1n) is 10.2. The molecule has 164 valence electrons. The predicted molar refractivity (Wildman–Crippen MR) is 120 cm³/mol. The third kappa shape index (κ3) is 3.96. The quantitative estimate of drug-likeness (QED) is 0.368. The van der Waals surface area contributed by atoms with E-state index in [9.17, 15) is 19.2 Å². The standard InChI is InChI=1S/C24H20Cl2N2O4/c1-14-6-5-9-17-21(14)24(32)28(23(17)31)27(13-20(29)15-7-3-2-4-8-15)22(30)16-10-11-18(25)19(26)12-16/h2-8,10-12,14,17,21H,9,13H2,1H3/t14-,17-,21+/m1/s1. The van der Waals surface area contributed by atoms with Crippen LogP contribution in [0.2, 0.25) is 10.0 Å². The fourth-order valence-corrected chi connectivity index (χ4v) is 4.53. The molecular weight excluding hydrogens is 451 g/mol. The van der Waals surface area contributed by atoms with Crippen molar-refractivity contribution in [2.75, 3.05) is 6.54 Å². The van der Waals surface area contributed by atoms with Crippen molar-refractivity contribution in [2.24, 2.45) is 17.8 Å². The number of allylic oxidation sites excluding steroid dienone is 2. The van der Waals surface area contributed by atoms with Gasteiger partial charge in [-0.05, 0) is 30.5 Å². The summed E-state index contributed by atoms with van der Waals surface area (Å²) in [5.41, 5.74) is 0.480. The number of hydrogen-bond acceptors (Lipinski definition) is 4. The summed E-state index contributed by atoms with van der Waals surface area (Å²) in [6.45, 7) is 1.39. The number of amides is 3. The van der Waals surface area contributed by atoms with Crippen LogP contribution in [0, 0.1) is 17.8 Å². The lowest BCUT2D eigenvalue weighted by Gasteiger charge is -2.30. The highest BCUT2D eigenvalue weighted by atomic mass is 35.5. The number of hydrogen-bond donors (Lipinski definition) is 0. The third-order valence-corrected chi connectivity index (χ3v) is 6.62. The van der Waals surface area contributed by atoms with Gasteiger partial charge in [0, 0.05) is 11.1 Å². The molecule has 1 fully saturated rings. The van der Waals surface area contributed by atoms with Gasteiger partial charge in [0.05, 0.1) is 21.9 Å². The number of carbonyl (C=O) groups is 4. The van der Waals surface area contributed by atoms with Crippen LogP contribution in [-0.4, -0.2) is 40.1 Å². The third-order valence-electron chi connectivity index (χ3n) is 5.88. The normalized spacial score (nSPS) is 22.1. The molecule has 1 aliphatic carbocycles. The topological polar surface area (TPSA) is 74.8 Å². The summed E-state index contributed by atoms with van der Waals surface area (Å²) in [7, 11) is 0.